The summed E-state index contributed by atoms with van der Waals surface area (Å²) in [5.41, 5.74) is 5.20. The fraction of sp³-hybridized carbons (Fsp3) is 0.333. The van der Waals surface area contributed by atoms with Crippen molar-refractivity contribution in [3.05, 3.63) is 11.3 Å². The minimum Gasteiger partial charge on any atom is -0.324 e. The Labute approximate surface area is 57.5 Å². The van der Waals surface area contributed by atoms with Gasteiger partial charge in [-0.05, 0) is 11.5 Å². The van der Waals surface area contributed by atoms with Gasteiger partial charge in [0.25, 0.3) is 0 Å². The molecule has 0 amide bonds. The van der Waals surface area contributed by atoms with E-state index in [0.717, 1.165) is 5.01 Å². The van der Waals surface area contributed by atoms with Crippen LogP contribution < -0.4 is 5.73 Å². The van der Waals surface area contributed by atoms with Crippen molar-refractivity contribution in [2.45, 2.75) is 6.54 Å². The average molecular weight is 152 g/mol. The van der Waals surface area contributed by atoms with Crippen molar-refractivity contribution in [2.24, 2.45) is 5.73 Å². The maximum Gasteiger partial charge on any atom is 0.129 e. The van der Waals surface area contributed by atoms with Crippen LogP contribution in [0, 0.1) is 0 Å². The molecule has 8 heavy (non-hydrogen) atoms. The van der Waals surface area contributed by atoms with Crippen LogP contribution >= 0.6 is 23.9 Å². The third-order valence-corrected chi connectivity index (χ3v) is 1.26. The summed E-state index contributed by atoms with van der Waals surface area (Å²) in [5.74, 6) is 0. The largest absolute Gasteiger partial charge is 0.324 e. The van der Waals surface area contributed by atoms with E-state index in [1.807, 2.05) is 0 Å². The molecule has 1 aromatic rings. The molecule has 2 N–H and O–H groups in total. The smallest absolute Gasteiger partial charge is 0.129 e. The molecular formula is C3H6ClN3S. The molecule has 0 aromatic carbocycles. The first-order valence-corrected chi connectivity index (χ1v) is 2.66. The first kappa shape index (κ1) is 7.81. The Kier molecular flexibility index (Phi) is 3.68. The van der Waals surface area contributed by atoms with E-state index in [1.54, 1.807) is 0 Å². The van der Waals surface area contributed by atoms with Crippen molar-refractivity contribution in [2.75, 3.05) is 0 Å². The van der Waals surface area contributed by atoms with Gasteiger partial charge in [-0.15, -0.1) is 12.4 Å². The van der Waals surface area contributed by atoms with Crippen LogP contribution in [0.3, 0.4) is 0 Å². The first-order valence-electron chi connectivity index (χ1n) is 1.89. The van der Waals surface area contributed by atoms with Gasteiger partial charge in [-0.3, -0.25) is 0 Å². The number of nitrogens with zero attached hydrogens (tertiary/aromatic N) is 2. The summed E-state index contributed by atoms with van der Waals surface area (Å²) in [6, 6.07) is 0. The number of aromatic nitrogens is 2. The van der Waals surface area contributed by atoms with Crippen LogP contribution in [0.25, 0.3) is 0 Å². The van der Waals surface area contributed by atoms with Crippen LogP contribution in [-0.2, 0) is 6.54 Å². The highest BCUT2D eigenvalue weighted by atomic mass is 35.5. The lowest BCUT2D eigenvalue weighted by molar-refractivity contribution is 1.04. The molecule has 0 aliphatic rings. The topological polar surface area (TPSA) is 51.8 Å². The molecule has 0 atom stereocenters. The maximum absolute atomic E-state index is 5.20. The molecule has 46 valence electrons. The monoisotopic (exact) mass is 151 g/mol. The zero-order valence-corrected chi connectivity index (χ0v) is 5.71. The molecule has 0 fully saturated rings. The van der Waals surface area contributed by atoms with Gasteiger partial charge in [-0.2, -0.15) is 4.37 Å². The van der Waals surface area contributed by atoms with Crippen molar-refractivity contribution in [1.82, 2.24) is 9.36 Å². The molecule has 0 aliphatic carbocycles. The molecule has 0 bridgehead atoms. The minimum absolute atomic E-state index is 0. The summed E-state index contributed by atoms with van der Waals surface area (Å²) in [7, 11) is 0. The Morgan fingerprint density at radius 3 is 2.75 bits per heavy atom. The normalized spacial score (nSPS) is 8.12. The second-order valence-corrected chi connectivity index (χ2v) is 1.90. The van der Waals surface area contributed by atoms with Gasteiger partial charge in [-0.25, -0.2) is 4.98 Å². The van der Waals surface area contributed by atoms with Crippen molar-refractivity contribution >= 4 is 23.9 Å². The molecule has 3 nitrogen and oxygen atoms in total. The molecule has 0 aliphatic heterocycles. The summed E-state index contributed by atoms with van der Waals surface area (Å²) in [6.45, 7) is 0.505. The van der Waals surface area contributed by atoms with Gasteiger partial charge in [0.05, 0.1) is 0 Å². The molecule has 0 saturated heterocycles. The van der Waals surface area contributed by atoms with Gasteiger partial charge in [0.2, 0.25) is 0 Å². The van der Waals surface area contributed by atoms with Crippen molar-refractivity contribution in [3.8, 4) is 0 Å². The fourth-order valence-electron chi connectivity index (χ4n) is 0.286. The Morgan fingerprint density at radius 1 is 1.75 bits per heavy atom. The lowest BCUT2D eigenvalue weighted by Crippen LogP contribution is -1.93. The third kappa shape index (κ3) is 1.73. The highest BCUT2D eigenvalue weighted by Gasteiger charge is 1.86. The van der Waals surface area contributed by atoms with Gasteiger partial charge in [0.1, 0.15) is 11.3 Å². The van der Waals surface area contributed by atoms with Crippen molar-refractivity contribution in [3.63, 3.8) is 0 Å². The third-order valence-electron chi connectivity index (χ3n) is 0.582. The highest BCUT2D eigenvalue weighted by molar-refractivity contribution is 7.05. The van der Waals surface area contributed by atoms with Crippen LogP contribution in [0.2, 0.25) is 0 Å². The van der Waals surface area contributed by atoms with E-state index >= 15 is 0 Å². The lowest BCUT2D eigenvalue weighted by atomic mass is 10.7. The van der Waals surface area contributed by atoms with Gasteiger partial charge in [0, 0.05) is 6.54 Å². The number of hydrogen-bond acceptors (Lipinski definition) is 4. The molecule has 1 aromatic heterocycles. The van der Waals surface area contributed by atoms with Crippen LogP contribution in [0.4, 0.5) is 0 Å². The summed E-state index contributed by atoms with van der Waals surface area (Å²) < 4.78 is 3.74. The standard InChI is InChI=1S/C3H5N3S.ClH/c4-1-3-5-2-6-7-3;/h2H,1,4H2;1H. The molecular weight excluding hydrogens is 146 g/mol. The summed E-state index contributed by atoms with van der Waals surface area (Å²) >= 11 is 1.34. The van der Waals surface area contributed by atoms with Gasteiger partial charge < -0.3 is 5.73 Å². The Balaban J connectivity index is 0.000000490. The second kappa shape index (κ2) is 3.77. The Morgan fingerprint density at radius 2 is 2.50 bits per heavy atom. The molecule has 1 rings (SSSR count). The van der Waals surface area contributed by atoms with E-state index in [2.05, 4.69) is 9.36 Å². The minimum atomic E-state index is 0. The SMILES string of the molecule is Cl.NCc1ncns1. The second-order valence-electron chi connectivity index (χ2n) is 1.04. The van der Waals surface area contributed by atoms with E-state index in [0.29, 0.717) is 6.54 Å². The zero-order chi connectivity index (χ0) is 5.11. The predicted octanol–water partition coefficient (Wildman–Crippen LogP) is 0.419. The van der Waals surface area contributed by atoms with Crippen LogP contribution in [-0.4, -0.2) is 9.36 Å². The molecule has 1 heterocycles. The fourth-order valence-corrected chi connectivity index (χ4v) is 0.671. The van der Waals surface area contributed by atoms with Crippen molar-refractivity contribution in [1.29, 1.82) is 0 Å². The quantitative estimate of drug-likeness (QED) is 0.633. The molecule has 0 spiro atoms. The van der Waals surface area contributed by atoms with Gasteiger partial charge in [-0.1, -0.05) is 0 Å². The van der Waals surface area contributed by atoms with Crippen LogP contribution in [0.15, 0.2) is 6.33 Å². The summed E-state index contributed by atoms with van der Waals surface area (Å²) in [6.07, 6.45) is 1.51. The van der Waals surface area contributed by atoms with E-state index in [-0.39, 0.29) is 12.4 Å². The maximum atomic E-state index is 5.20. The van der Waals surface area contributed by atoms with E-state index < -0.39 is 0 Å². The number of nitrogens with two attached hydrogens (primary N) is 1. The number of rotatable bonds is 1. The average Bonchev–Trinajstić information content (AvgIpc) is 2.14. The highest BCUT2D eigenvalue weighted by Crippen LogP contribution is 1.94. The van der Waals surface area contributed by atoms with Crippen molar-refractivity contribution < 1.29 is 0 Å². The summed E-state index contributed by atoms with van der Waals surface area (Å²) in [5, 5.41) is 0.889. The summed E-state index contributed by atoms with van der Waals surface area (Å²) in [4.78, 5) is 3.82. The van der Waals surface area contributed by atoms with E-state index in [9.17, 15) is 0 Å². The van der Waals surface area contributed by atoms with Gasteiger partial charge >= 0.3 is 0 Å². The lowest BCUT2D eigenvalue weighted by Gasteiger charge is -1.75. The molecule has 0 unspecified atom stereocenters. The Bertz CT molecular complexity index is 129. The predicted molar refractivity (Wildman–Crippen MR) is 35.0 cm³/mol. The van der Waals surface area contributed by atoms with E-state index in [4.69, 9.17) is 5.73 Å². The van der Waals surface area contributed by atoms with E-state index in [1.165, 1.54) is 17.9 Å². The molecule has 5 heteroatoms. The van der Waals surface area contributed by atoms with Crippen LogP contribution in [0.1, 0.15) is 5.01 Å². The number of halogens is 1. The Hall–Kier alpha value is -0.190. The number of hydrogen-bond donors (Lipinski definition) is 1. The van der Waals surface area contributed by atoms with Gasteiger partial charge in [0.15, 0.2) is 0 Å². The van der Waals surface area contributed by atoms with Crippen LogP contribution in [0.5, 0.6) is 0 Å². The molecule has 0 radical (unpaired) electrons. The first-order chi connectivity index (χ1) is 3.43. The molecule has 0 saturated carbocycles. The zero-order valence-electron chi connectivity index (χ0n) is 4.07.